The third-order valence-electron chi connectivity index (χ3n) is 7.33. The number of aromatic amines is 2. The summed E-state index contributed by atoms with van der Waals surface area (Å²) in [6.45, 7) is 6.72. The van der Waals surface area contributed by atoms with Gasteiger partial charge in [-0.25, -0.2) is 9.37 Å². The van der Waals surface area contributed by atoms with Crippen molar-refractivity contribution in [2.45, 2.75) is 39.2 Å². The molecule has 0 unspecified atom stereocenters. The molecule has 1 atom stereocenters. The normalized spacial score (nSPS) is 18.7. The van der Waals surface area contributed by atoms with E-state index in [1.54, 1.807) is 0 Å². The van der Waals surface area contributed by atoms with Crippen LogP contribution in [0, 0.1) is 11.7 Å². The van der Waals surface area contributed by atoms with E-state index < -0.39 is 5.82 Å². The van der Waals surface area contributed by atoms with Crippen LogP contribution in [0.4, 0.5) is 4.39 Å². The standard InChI is InChI=1S/C27H30FN5O2/c1-2-17-11-25(34)21(28)12-20(17)18-5-6-19-23(10-18)31-32-26(19)27-29-22-7-8-33(14-24(22)30-27)13-16-4-3-9-35-15-16/h5-6,10-12,16,34H,2-4,7-9,13-15H2,1H3,(H,29,30)(H,31,32)/t16-/m0/s1. The molecule has 182 valence electrons. The van der Waals surface area contributed by atoms with Gasteiger partial charge in [-0.15, -0.1) is 0 Å². The Kier molecular flexibility index (Phi) is 5.78. The molecule has 4 heterocycles. The highest BCUT2D eigenvalue weighted by molar-refractivity contribution is 5.94. The molecule has 2 aliphatic heterocycles. The maximum atomic E-state index is 14.1. The molecule has 0 spiro atoms. The Morgan fingerprint density at radius 3 is 3.00 bits per heavy atom. The van der Waals surface area contributed by atoms with E-state index in [1.807, 2.05) is 25.1 Å². The molecule has 7 nitrogen and oxygen atoms in total. The number of rotatable bonds is 5. The van der Waals surface area contributed by atoms with E-state index in [9.17, 15) is 9.50 Å². The van der Waals surface area contributed by atoms with E-state index in [2.05, 4.69) is 20.1 Å². The Bertz CT molecular complexity index is 1370. The number of aromatic nitrogens is 4. The van der Waals surface area contributed by atoms with E-state index in [0.29, 0.717) is 12.3 Å². The number of nitrogens with one attached hydrogen (secondary N) is 2. The van der Waals surface area contributed by atoms with Crippen LogP contribution in [-0.4, -0.2) is 56.5 Å². The summed E-state index contributed by atoms with van der Waals surface area (Å²) < 4.78 is 19.8. The summed E-state index contributed by atoms with van der Waals surface area (Å²) in [5.74, 6) is 0.464. The minimum absolute atomic E-state index is 0.317. The second-order valence-electron chi connectivity index (χ2n) is 9.73. The molecule has 3 N–H and O–H groups in total. The van der Waals surface area contributed by atoms with Crippen LogP contribution in [0.15, 0.2) is 30.3 Å². The lowest BCUT2D eigenvalue weighted by Crippen LogP contribution is -2.37. The Hall–Kier alpha value is -3.23. The topological polar surface area (TPSA) is 90.1 Å². The van der Waals surface area contributed by atoms with E-state index in [-0.39, 0.29) is 5.75 Å². The molecule has 8 heteroatoms. The first-order valence-corrected chi connectivity index (χ1v) is 12.5. The number of fused-ring (bicyclic) bond motifs is 2. The number of benzene rings is 2. The van der Waals surface area contributed by atoms with Crippen molar-refractivity contribution in [1.29, 1.82) is 0 Å². The van der Waals surface area contributed by atoms with Crippen LogP contribution in [0.3, 0.4) is 0 Å². The highest BCUT2D eigenvalue weighted by Gasteiger charge is 2.25. The van der Waals surface area contributed by atoms with Crippen molar-refractivity contribution >= 4 is 10.9 Å². The molecule has 0 aliphatic carbocycles. The van der Waals surface area contributed by atoms with E-state index in [1.165, 1.54) is 24.2 Å². The number of phenols is 1. The van der Waals surface area contributed by atoms with Crippen LogP contribution < -0.4 is 0 Å². The van der Waals surface area contributed by atoms with Gasteiger partial charge in [0.1, 0.15) is 5.69 Å². The third kappa shape index (κ3) is 4.21. The maximum Gasteiger partial charge on any atom is 0.165 e. The van der Waals surface area contributed by atoms with Crippen molar-refractivity contribution < 1.29 is 14.2 Å². The molecule has 0 radical (unpaired) electrons. The van der Waals surface area contributed by atoms with Crippen LogP contribution in [0.2, 0.25) is 0 Å². The van der Waals surface area contributed by atoms with Gasteiger partial charge in [0.15, 0.2) is 17.4 Å². The molecule has 1 fully saturated rings. The van der Waals surface area contributed by atoms with Gasteiger partial charge in [-0.2, -0.15) is 5.10 Å². The molecule has 0 saturated carbocycles. The van der Waals surface area contributed by atoms with E-state index in [0.717, 1.165) is 90.5 Å². The van der Waals surface area contributed by atoms with E-state index >= 15 is 0 Å². The zero-order chi connectivity index (χ0) is 23.9. The highest BCUT2D eigenvalue weighted by Crippen LogP contribution is 2.34. The molecule has 0 amide bonds. The van der Waals surface area contributed by atoms with E-state index in [4.69, 9.17) is 9.72 Å². The molecule has 4 aromatic rings. The van der Waals surface area contributed by atoms with Crippen molar-refractivity contribution in [2.75, 3.05) is 26.3 Å². The fourth-order valence-electron chi connectivity index (χ4n) is 5.47. The molecule has 2 aromatic carbocycles. The molecule has 1 saturated heterocycles. The van der Waals surface area contributed by atoms with Crippen molar-refractivity contribution in [3.05, 3.63) is 53.1 Å². The summed E-state index contributed by atoms with van der Waals surface area (Å²) in [5.41, 5.74) is 6.49. The van der Waals surface area contributed by atoms with Gasteiger partial charge >= 0.3 is 0 Å². The minimum Gasteiger partial charge on any atom is -0.505 e. The number of halogens is 1. The quantitative estimate of drug-likeness (QED) is 0.385. The number of aryl methyl sites for hydroxylation is 1. The Morgan fingerprint density at radius 1 is 1.26 bits per heavy atom. The summed E-state index contributed by atoms with van der Waals surface area (Å²) in [5, 5.41) is 18.4. The van der Waals surface area contributed by atoms with Crippen molar-refractivity contribution in [1.82, 2.24) is 25.1 Å². The molecule has 35 heavy (non-hydrogen) atoms. The van der Waals surface area contributed by atoms with Crippen LogP contribution in [0.1, 0.15) is 36.7 Å². The largest absolute Gasteiger partial charge is 0.505 e. The van der Waals surface area contributed by atoms with Gasteiger partial charge in [-0.3, -0.25) is 10.00 Å². The fraction of sp³-hybridized carbons (Fsp3) is 0.407. The Morgan fingerprint density at radius 2 is 2.17 bits per heavy atom. The number of phenolic OH excluding ortho intramolecular Hbond substituents is 1. The number of hydrogen-bond donors (Lipinski definition) is 3. The first-order chi connectivity index (χ1) is 17.1. The molecular weight excluding hydrogens is 445 g/mol. The van der Waals surface area contributed by atoms with Gasteiger partial charge in [0.25, 0.3) is 0 Å². The zero-order valence-electron chi connectivity index (χ0n) is 19.9. The number of hydrogen-bond acceptors (Lipinski definition) is 5. The summed E-state index contributed by atoms with van der Waals surface area (Å²) >= 11 is 0. The smallest absolute Gasteiger partial charge is 0.165 e. The average Bonchev–Trinajstić information content (AvgIpc) is 3.49. The Labute approximate surface area is 203 Å². The van der Waals surface area contributed by atoms with Crippen LogP contribution in [-0.2, 0) is 24.1 Å². The molecular formula is C27H30FN5O2. The number of ether oxygens (including phenoxy) is 1. The van der Waals surface area contributed by atoms with Gasteiger partial charge in [0, 0.05) is 38.0 Å². The van der Waals surface area contributed by atoms with Crippen molar-refractivity contribution in [2.24, 2.45) is 5.92 Å². The first kappa shape index (κ1) is 22.2. The van der Waals surface area contributed by atoms with Gasteiger partial charge in [-0.05, 0) is 66.1 Å². The number of H-pyrrole nitrogens is 2. The third-order valence-corrected chi connectivity index (χ3v) is 7.33. The summed E-state index contributed by atoms with van der Waals surface area (Å²) in [7, 11) is 0. The van der Waals surface area contributed by atoms with Gasteiger partial charge in [0.05, 0.1) is 23.5 Å². The van der Waals surface area contributed by atoms with Crippen LogP contribution in [0.5, 0.6) is 5.75 Å². The molecule has 2 aromatic heterocycles. The van der Waals surface area contributed by atoms with Crippen LogP contribution >= 0.6 is 0 Å². The zero-order valence-corrected chi connectivity index (χ0v) is 19.9. The lowest BCUT2D eigenvalue weighted by Gasteiger charge is -2.31. The molecule has 6 rings (SSSR count). The average molecular weight is 476 g/mol. The van der Waals surface area contributed by atoms with Gasteiger partial charge in [-0.1, -0.05) is 13.0 Å². The second-order valence-corrected chi connectivity index (χ2v) is 9.73. The molecule has 0 bridgehead atoms. The monoisotopic (exact) mass is 475 g/mol. The summed E-state index contributed by atoms with van der Waals surface area (Å²) in [6.07, 6.45) is 4.03. The number of imidazole rings is 1. The number of aromatic hydroxyl groups is 1. The van der Waals surface area contributed by atoms with Crippen molar-refractivity contribution in [3.8, 4) is 28.4 Å². The lowest BCUT2D eigenvalue weighted by molar-refractivity contribution is 0.0361. The fourth-order valence-corrected chi connectivity index (χ4v) is 5.47. The Balaban J connectivity index is 1.26. The minimum atomic E-state index is -0.617. The SMILES string of the molecule is CCc1cc(O)c(F)cc1-c1ccc2c(-c3nc4c([nH]3)CN(C[C@@H]3CCCOC3)CC4)n[nH]c2c1. The highest BCUT2D eigenvalue weighted by atomic mass is 19.1. The lowest BCUT2D eigenvalue weighted by atomic mass is 9.96. The number of nitrogens with zero attached hydrogens (tertiary/aromatic N) is 3. The second kappa shape index (κ2) is 9.09. The first-order valence-electron chi connectivity index (χ1n) is 12.5. The van der Waals surface area contributed by atoms with Crippen LogP contribution in [0.25, 0.3) is 33.5 Å². The maximum absolute atomic E-state index is 14.1. The van der Waals surface area contributed by atoms with Crippen molar-refractivity contribution in [3.63, 3.8) is 0 Å². The summed E-state index contributed by atoms with van der Waals surface area (Å²) in [6, 6.07) is 8.87. The predicted octanol–water partition coefficient (Wildman–Crippen LogP) is 4.81. The predicted molar refractivity (Wildman–Crippen MR) is 133 cm³/mol. The van der Waals surface area contributed by atoms with Gasteiger partial charge < -0.3 is 14.8 Å². The van der Waals surface area contributed by atoms with Gasteiger partial charge in [0.2, 0.25) is 0 Å². The molecule has 2 aliphatic rings. The summed E-state index contributed by atoms with van der Waals surface area (Å²) in [4.78, 5) is 10.9.